The maximum absolute atomic E-state index is 14.9. The fourth-order valence-corrected chi connectivity index (χ4v) is 4.07. The van der Waals surface area contributed by atoms with E-state index in [1.807, 2.05) is 10.0 Å². The number of pyridine rings is 1. The highest BCUT2D eigenvalue weighted by atomic mass is 32.2. The molecule has 4 rings (SSSR count). The van der Waals surface area contributed by atoms with Gasteiger partial charge in [0.25, 0.3) is 10.0 Å². The minimum Gasteiger partial charge on any atom is -0.435 e. The van der Waals surface area contributed by atoms with Crippen molar-refractivity contribution in [2.24, 2.45) is 0 Å². The smallest absolute Gasteiger partial charge is 0.417 e. The Labute approximate surface area is 194 Å². The summed E-state index contributed by atoms with van der Waals surface area (Å²) in [4.78, 5) is 18.5. The minimum atomic E-state index is -4.51. The Morgan fingerprint density at radius 3 is 2.63 bits per heavy atom. The number of sulfonamides is 1. The third-order valence-electron chi connectivity index (χ3n) is 4.49. The van der Waals surface area contributed by atoms with Gasteiger partial charge in [0.05, 0.1) is 16.8 Å². The molecule has 9 nitrogen and oxygen atoms in total. The van der Waals surface area contributed by atoms with Gasteiger partial charge >= 0.3 is 12.7 Å². The number of aromatic nitrogens is 2. The van der Waals surface area contributed by atoms with E-state index in [4.69, 9.17) is 4.74 Å². The summed E-state index contributed by atoms with van der Waals surface area (Å²) in [6, 6.07) is 8.69. The quantitative estimate of drug-likeness (QED) is 0.306. The predicted octanol–water partition coefficient (Wildman–Crippen LogP) is 4.85. The summed E-state index contributed by atoms with van der Waals surface area (Å²) in [6.07, 6.45) is 1.55. The standard InChI is InChI=1S/C21H14F4N4O5S/c22-15-4-5-16(29-35(31,32)14-3-1-2-12(9-14)33-20(24)25)17(23)18(15)28-21(30)34-13-8-11-6-7-26-19(11)27-10-13/h1-10,20,29H,(H,26,27)(H,28,30). The normalized spacial score (nSPS) is 11.5. The van der Waals surface area contributed by atoms with Crippen LogP contribution >= 0.6 is 0 Å². The Bertz CT molecular complexity index is 1510. The number of nitrogens with zero attached hydrogens (tertiary/aromatic N) is 1. The molecule has 2 heterocycles. The molecule has 0 aliphatic rings. The van der Waals surface area contributed by atoms with Gasteiger partial charge in [-0.3, -0.25) is 10.0 Å². The third-order valence-corrected chi connectivity index (χ3v) is 5.85. The van der Waals surface area contributed by atoms with Crippen LogP contribution in [-0.2, 0) is 10.0 Å². The number of fused-ring (bicyclic) bond motifs is 1. The lowest BCUT2D eigenvalue weighted by molar-refractivity contribution is -0.0500. The molecule has 0 radical (unpaired) electrons. The zero-order chi connectivity index (χ0) is 25.2. The lowest BCUT2D eigenvalue weighted by Gasteiger charge is -2.14. The highest BCUT2D eigenvalue weighted by Crippen LogP contribution is 2.29. The second kappa shape index (κ2) is 9.50. The molecule has 35 heavy (non-hydrogen) atoms. The van der Waals surface area contributed by atoms with Gasteiger partial charge in [0.2, 0.25) is 0 Å². The summed E-state index contributed by atoms with van der Waals surface area (Å²) >= 11 is 0. The van der Waals surface area contributed by atoms with E-state index in [0.29, 0.717) is 17.1 Å². The number of rotatable bonds is 7. The van der Waals surface area contributed by atoms with Crippen LogP contribution in [-0.4, -0.2) is 31.1 Å². The molecule has 0 saturated heterocycles. The van der Waals surface area contributed by atoms with E-state index in [1.165, 1.54) is 12.3 Å². The van der Waals surface area contributed by atoms with E-state index in [9.17, 15) is 30.8 Å². The van der Waals surface area contributed by atoms with Crippen molar-refractivity contribution in [3.63, 3.8) is 0 Å². The number of hydrogen-bond donors (Lipinski definition) is 3. The van der Waals surface area contributed by atoms with Gasteiger partial charge in [-0.25, -0.2) is 27.0 Å². The van der Waals surface area contributed by atoms with Crippen LogP contribution in [0.3, 0.4) is 0 Å². The zero-order valence-electron chi connectivity index (χ0n) is 17.3. The highest BCUT2D eigenvalue weighted by molar-refractivity contribution is 7.92. The van der Waals surface area contributed by atoms with E-state index >= 15 is 0 Å². The number of halogens is 4. The van der Waals surface area contributed by atoms with E-state index in [1.54, 1.807) is 12.3 Å². The maximum atomic E-state index is 14.9. The van der Waals surface area contributed by atoms with Crippen LogP contribution in [0.4, 0.5) is 33.7 Å². The molecule has 0 bridgehead atoms. The van der Waals surface area contributed by atoms with Crippen LogP contribution in [0.25, 0.3) is 11.0 Å². The van der Waals surface area contributed by atoms with Crippen LogP contribution in [0, 0.1) is 11.6 Å². The fraction of sp³-hybridized carbons (Fsp3) is 0.0476. The largest absolute Gasteiger partial charge is 0.435 e. The number of carbonyl (C=O) groups is 1. The topological polar surface area (TPSA) is 122 Å². The van der Waals surface area contributed by atoms with Crippen molar-refractivity contribution in [3.05, 3.63) is 72.6 Å². The first-order valence-electron chi connectivity index (χ1n) is 9.60. The number of aromatic amines is 1. The Balaban J connectivity index is 1.53. The fourth-order valence-electron chi connectivity index (χ4n) is 2.98. The first kappa shape index (κ1) is 23.8. The van der Waals surface area contributed by atoms with Crippen molar-refractivity contribution in [3.8, 4) is 11.5 Å². The van der Waals surface area contributed by atoms with Gasteiger partial charge in [0.15, 0.2) is 11.6 Å². The summed E-state index contributed by atoms with van der Waals surface area (Å²) in [5, 5.41) is 2.50. The number of anilines is 2. The van der Waals surface area contributed by atoms with Crippen LogP contribution in [0.1, 0.15) is 0 Å². The predicted molar refractivity (Wildman–Crippen MR) is 116 cm³/mol. The van der Waals surface area contributed by atoms with Crippen molar-refractivity contribution >= 4 is 38.5 Å². The maximum Gasteiger partial charge on any atom is 0.417 e. The summed E-state index contributed by atoms with van der Waals surface area (Å²) in [5.74, 6) is -3.13. The Kier molecular flexibility index (Phi) is 6.46. The van der Waals surface area contributed by atoms with Crippen LogP contribution in [0.2, 0.25) is 0 Å². The molecule has 182 valence electrons. The molecule has 0 fully saturated rings. The number of hydrogen-bond acceptors (Lipinski definition) is 6. The molecule has 0 aliphatic carbocycles. The molecule has 3 N–H and O–H groups in total. The molecule has 2 aromatic heterocycles. The number of H-pyrrole nitrogens is 1. The van der Waals surface area contributed by atoms with Crippen molar-refractivity contribution in [1.29, 1.82) is 0 Å². The van der Waals surface area contributed by atoms with Crippen molar-refractivity contribution in [1.82, 2.24) is 9.97 Å². The van der Waals surface area contributed by atoms with Crippen molar-refractivity contribution < 1.29 is 40.2 Å². The van der Waals surface area contributed by atoms with Crippen LogP contribution < -0.4 is 19.5 Å². The average Bonchev–Trinajstić information content (AvgIpc) is 3.26. The molecule has 0 unspecified atom stereocenters. The van der Waals surface area contributed by atoms with Gasteiger partial charge in [-0.15, -0.1) is 0 Å². The zero-order valence-corrected chi connectivity index (χ0v) is 18.1. The third kappa shape index (κ3) is 5.43. The highest BCUT2D eigenvalue weighted by Gasteiger charge is 2.22. The number of nitrogens with one attached hydrogen (secondary N) is 3. The monoisotopic (exact) mass is 510 g/mol. The van der Waals surface area contributed by atoms with Crippen molar-refractivity contribution in [2.75, 3.05) is 10.0 Å². The lowest BCUT2D eigenvalue weighted by Crippen LogP contribution is -2.20. The summed E-state index contributed by atoms with van der Waals surface area (Å²) in [7, 11) is -4.51. The van der Waals surface area contributed by atoms with Gasteiger partial charge < -0.3 is 14.5 Å². The Morgan fingerprint density at radius 1 is 1.06 bits per heavy atom. The number of amides is 1. The average molecular weight is 510 g/mol. The van der Waals surface area contributed by atoms with E-state index in [2.05, 4.69) is 14.7 Å². The molecule has 0 spiro atoms. The van der Waals surface area contributed by atoms with E-state index in [0.717, 1.165) is 30.3 Å². The Hall–Kier alpha value is -4.33. The molecule has 1 amide bonds. The van der Waals surface area contributed by atoms with Crippen LogP contribution in [0.15, 0.2) is 65.8 Å². The van der Waals surface area contributed by atoms with E-state index < -0.39 is 56.4 Å². The summed E-state index contributed by atoms with van der Waals surface area (Å²) in [6.45, 7) is -3.19. The molecule has 4 aromatic rings. The first-order chi connectivity index (χ1) is 16.6. The van der Waals surface area contributed by atoms with Gasteiger partial charge in [0, 0.05) is 17.6 Å². The Morgan fingerprint density at radius 2 is 1.86 bits per heavy atom. The second-order valence-corrected chi connectivity index (χ2v) is 8.53. The second-order valence-electron chi connectivity index (χ2n) is 6.84. The van der Waals surface area contributed by atoms with E-state index in [-0.39, 0.29) is 5.75 Å². The number of alkyl halides is 2. The summed E-state index contributed by atoms with van der Waals surface area (Å²) in [5.41, 5.74) is -1.18. The minimum absolute atomic E-state index is 0.0156. The van der Waals surface area contributed by atoms with Gasteiger partial charge in [-0.2, -0.15) is 8.78 Å². The molecule has 0 aliphatic heterocycles. The van der Waals surface area contributed by atoms with Gasteiger partial charge in [-0.05, 0) is 36.4 Å². The molecule has 0 atom stereocenters. The number of benzene rings is 2. The first-order valence-corrected chi connectivity index (χ1v) is 11.1. The van der Waals surface area contributed by atoms with Gasteiger partial charge in [-0.1, -0.05) is 6.07 Å². The number of ether oxygens (including phenoxy) is 2. The summed E-state index contributed by atoms with van der Waals surface area (Å²) < 4.78 is 90.2. The molecule has 2 aromatic carbocycles. The number of carbonyl (C=O) groups excluding carboxylic acids is 1. The lowest BCUT2D eigenvalue weighted by atomic mass is 10.2. The molecule has 14 heteroatoms. The molecular weight excluding hydrogens is 496 g/mol. The molecular formula is C21H14F4N4O5S. The van der Waals surface area contributed by atoms with Crippen molar-refractivity contribution in [2.45, 2.75) is 11.5 Å². The molecule has 0 saturated carbocycles. The SMILES string of the molecule is O=C(Nc1c(F)ccc(NS(=O)(=O)c2cccc(OC(F)F)c2)c1F)Oc1cnc2[nH]ccc2c1. The van der Waals surface area contributed by atoms with Crippen LogP contribution in [0.5, 0.6) is 11.5 Å². The van der Waals surface area contributed by atoms with Gasteiger partial charge in [0.1, 0.15) is 22.9 Å².